The minimum absolute atomic E-state index is 0.0434. The van der Waals surface area contributed by atoms with Crippen LogP contribution in [0.1, 0.15) is 11.3 Å². The van der Waals surface area contributed by atoms with Crippen LogP contribution in [-0.4, -0.2) is 9.78 Å². The van der Waals surface area contributed by atoms with Crippen molar-refractivity contribution >= 4 is 27.5 Å². The second kappa shape index (κ2) is 4.93. The molecule has 2 aromatic rings. The van der Waals surface area contributed by atoms with Crippen LogP contribution in [-0.2, 0) is 12.7 Å². The lowest BCUT2D eigenvalue weighted by Gasteiger charge is -2.06. The Labute approximate surface area is 114 Å². The Morgan fingerprint density at radius 2 is 1.94 bits per heavy atom. The fourth-order valence-corrected chi connectivity index (χ4v) is 2.04. The Bertz CT molecular complexity index is 566. The summed E-state index contributed by atoms with van der Waals surface area (Å²) in [6.45, 7) is 0.177. The van der Waals surface area contributed by atoms with Crippen molar-refractivity contribution in [2.45, 2.75) is 12.7 Å². The summed E-state index contributed by atoms with van der Waals surface area (Å²) in [4.78, 5) is 0. The molecule has 96 valence electrons. The van der Waals surface area contributed by atoms with Gasteiger partial charge in [-0.05, 0) is 11.6 Å². The molecular formula is C11H7BrClF3N2. The molecule has 0 aliphatic rings. The molecule has 0 atom stereocenters. The summed E-state index contributed by atoms with van der Waals surface area (Å²) in [6.07, 6.45) is -4.48. The van der Waals surface area contributed by atoms with Gasteiger partial charge in [-0.3, -0.25) is 0 Å². The number of halogens is 5. The third kappa shape index (κ3) is 2.87. The maximum absolute atomic E-state index is 12.5. The van der Waals surface area contributed by atoms with Gasteiger partial charge < -0.3 is 0 Å². The molecule has 0 amide bonds. The van der Waals surface area contributed by atoms with Crippen molar-refractivity contribution in [1.82, 2.24) is 9.78 Å². The first-order valence-corrected chi connectivity index (χ1v) is 6.09. The van der Waals surface area contributed by atoms with Gasteiger partial charge in [0.1, 0.15) is 5.15 Å². The predicted molar refractivity (Wildman–Crippen MR) is 65.5 cm³/mol. The van der Waals surface area contributed by atoms with E-state index in [4.69, 9.17) is 11.6 Å². The highest BCUT2D eigenvalue weighted by molar-refractivity contribution is 9.10. The zero-order valence-electron chi connectivity index (χ0n) is 8.88. The largest absolute Gasteiger partial charge is 0.435 e. The lowest BCUT2D eigenvalue weighted by atomic mass is 10.2. The summed E-state index contributed by atoms with van der Waals surface area (Å²) >= 11 is 9.06. The fraction of sp³-hybridized carbons (Fsp3) is 0.182. The van der Waals surface area contributed by atoms with Crippen molar-refractivity contribution in [3.63, 3.8) is 0 Å². The van der Waals surface area contributed by atoms with Gasteiger partial charge in [0.15, 0.2) is 5.69 Å². The monoisotopic (exact) mass is 338 g/mol. The molecule has 0 fully saturated rings. The average Bonchev–Trinajstić information content (AvgIpc) is 2.63. The topological polar surface area (TPSA) is 17.8 Å². The Balaban J connectivity index is 2.31. The minimum atomic E-state index is -4.48. The van der Waals surface area contributed by atoms with E-state index in [2.05, 4.69) is 21.0 Å². The number of rotatable bonds is 2. The summed E-state index contributed by atoms with van der Waals surface area (Å²) in [5.41, 5.74) is -0.184. The molecule has 0 spiro atoms. The molecule has 0 aliphatic carbocycles. The summed E-state index contributed by atoms with van der Waals surface area (Å²) in [7, 11) is 0. The minimum Gasteiger partial charge on any atom is -0.249 e. The zero-order chi connectivity index (χ0) is 13.3. The maximum Gasteiger partial charge on any atom is 0.435 e. The Morgan fingerprint density at radius 3 is 2.50 bits per heavy atom. The highest BCUT2D eigenvalue weighted by atomic mass is 79.9. The number of nitrogens with zero attached hydrogens (tertiary/aromatic N) is 2. The standard InChI is InChI=1S/C11H7BrClF3N2/c12-8-4-2-1-3-7(8)6-18-10(13)5-9(17-18)11(14,15)16/h1-5H,6H2. The third-order valence-electron chi connectivity index (χ3n) is 2.30. The zero-order valence-corrected chi connectivity index (χ0v) is 11.2. The highest BCUT2D eigenvalue weighted by Gasteiger charge is 2.34. The van der Waals surface area contributed by atoms with Crippen molar-refractivity contribution in [1.29, 1.82) is 0 Å². The van der Waals surface area contributed by atoms with Crippen molar-refractivity contribution in [3.05, 3.63) is 51.2 Å². The van der Waals surface area contributed by atoms with Gasteiger partial charge in [-0.15, -0.1) is 0 Å². The van der Waals surface area contributed by atoms with Crippen molar-refractivity contribution in [3.8, 4) is 0 Å². The molecule has 0 saturated carbocycles. The van der Waals surface area contributed by atoms with E-state index in [-0.39, 0.29) is 11.7 Å². The van der Waals surface area contributed by atoms with Crippen LogP contribution in [0.3, 0.4) is 0 Å². The first-order valence-electron chi connectivity index (χ1n) is 4.92. The molecule has 0 radical (unpaired) electrons. The SMILES string of the molecule is FC(F)(F)c1cc(Cl)n(Cc2ccccc2Br)n1. The Morgan fingerprint density at radius 1 is 1.28 bits per heavy atom. The van der Waals surface area contributed by atoms with E-state index in [1.54, 1.807) is 18.2 Å². The van der Waals surface area contributed by atoms with Gasteiger partial charge in [0.05, 0.1) is 6.54 Å². The number of benzene rings is 1. The number of hydrogen-bond acceptors (Lipinski definition) is 1. The van der Waals surface area contributed by atoms with Crippen molar-refractivity contribution < 1.29 is 13.2 Å². The van der Waals surface area contributed by atoms with Gasteiger partial charge in [-0.25, -0.2) is 4.68 Å². The van der Waals surface area contributed by atoms with E-state index in [1.807, 2.05) is 6.07 Å². The predicted octanol–water partition coefficient (Wildman–Crippen LogP) is 4.37. The molecule has 0 aliphatic heterocycles. The van der Waals surface area contributed by atoms with E-state index in [1.165, 1.54) is 0 Å². The van der Waals surface area contributed by atoms with Crippen LogP contribution in [0.2, 0.25) is 5.15 Å². The molecule has 0 saturated heterocycles. The molecule has 1 aromatic carbocycles. The quantitative estimate of drug-likeness (QED) is 0.794. The van der Waals surface area contributed by atoms with E-state index >= 15 is 0 Å². The molecule has 1 heterocycles. The smallest absolute Gasteiger partial charge is 0.249 e. The van der Waals surface area contributed by atoms with E-state index in [9.17, 15) is 13.2 Å². The third-order valence-corrected chi connectivity index (χ3v) is 3.38. The molecule has 2 rings (SSSR count). The van der Waals surface area contributed by atoms with Gasteiger partial charge in [-0.2, -0.15) is 18.3 Å². The number of alkyl halides is 3. The van der Waals surface area contributed by atoms with Gasteiger partial charge in [-0.1, -0.05) is 45.7 Å². The lowest BCUT2D eigenvalue weighted by molar-refractivity contribution is -0.141. The van der Waals surface area contributed by atoms with Gasteiger partial charge in [0.25, 0.3) is 0 Å². The van der Waals surface area contributed by atoms with Crippen LogP contribution < -0.4 is 0 Å². The summed E-state index contributed by atoms with van der Waals surface area (Å²) in [6, 6.07) is 8.02. The maximum atomic E-state index is 12.5. The Hall–Kier alpha value is -1.01. The van der Waals surface area contributed by atoms with E-state index in [0.29, 0.717) is 0 Å². The van der Waals surface area contributed by atoms with Crippen LogP contribution >= 0.6 is 27.5 Å². The lowest BCUT2D eigenvalue weighted by Crippen LogP contribution is -2.08. The van der Waals surface area contributed by atoms with Crippen molar-refractivity contribution in [2.75, 3.05) is 0 Å². The fourth-order valence-electron chi connectivity index (χ4n) is 1.43. The summed E-state index contributed by atoms with van der Waals surface area (Å²) in [5, 5.41) is 3.41. The van der Waals surface area contributed by atoms with Crippen LogP contribution in [0.25, 0.3) is 0 Å². The van der Waals surface area contributed by atoms with Crippen LogP contribution in [0, 0.1) is 0 Å². The Kier molecular flexibility index (Phi) is 3.68. The highest BCUT2D eigenvalue weighted by Crippen LogP contribution is 2.30. The molecule has 18 heavy (non-hydrogen) atoms. The summed E-state index contributed by atoms with van der Waals surface area (Å²) < 4.78 is 39.3. The second-order valence-electron chi connectivity index (χ2n) is 3.60. The molecule has 0 bridgehead atoms. The van der Waals surface area contributed by atoms with Crippen molar-refractivity contribution in [2.24, 2.45) is 0 Å². The molecule has 2 nitrogen and oxygen atoms in total. The molecule has 0 unspecified atom stereocenters. The average molecular weight is 340 g/mol. The van der Waals surface area contributed by atoms with Gasteiger partial charge >= 0.3 is 6.18 Å². The first kappa shape index (κ1) is 13.4. The van der Waals surface area contributed by atoms with E-state index in [0.717, 1.165) is 20.8 Å². The normalized spacial score (nSPS) is 11.8. The van der Waals surface area contributed by atoms with Gasteiger partial charge in [0.2, 0.25) is 0 Å². The summed E-state index contributed by atoms with van der Waals surface area (Å²) in [5.74, 6) is 0. The number of aromatic nitrogens is 2. The van der Waals surface area contributed by atoms with Gasteiger partial charge in [0, 0.05) is 10.5 Å². The van der Waals surface area contributed by atoms with Crippen LogP contribution in [0.15, 0.2) is 34.8 Å². The van der Waals surface area contributed by atoms with Crippen LogP contribution in [0.5, 0.6) is 0 Å². The molecule has 7 heteroatoms. The first-order chi connectivity index (χ1) is 8.38. The second-order valence-corrected chi connectivity index (χ2v) is 4.84. The number of hydrogen-bond donors (Lipinski definition) is 0. The molecule has 0 N–H and O–H groups in total. The molecular weight excluding hydrogens is 332 g/mol. The van der Waals surface area contributed by atoms with E-state index < -0.39 is 11.9 Å². The molecule has 1 aromatic heterocycles. The van der Waals surface area contributed by atoms with Crippen LogP contribution in [0.4, 0.5) is 13.2 Å².